The highest BCUT2D eigenvalue weighted by Crippen LogP contribution is 2.37. The van der Waals surface area contributed by atoms with E-state index in [-0.39, 0.29) is 21.6 Å². The molecule has 0 saturated carbocycles. The summed E-state index contributed by atoms with van der Waals surface area (Å²) in [5.41, 5.74) is 0.560. The molecule has 1 aliphatic heterocycles. The van der Waals surface area contributed by atoms with E-state index >= 15 is 0 Å². The maximum absolute atomic E-state index is 13.4. The molecule has 0 spiro atoms. The lowest BCUT2D eigenvalue weighted by Gasteiger charge is -2.23. The van der Waals surface area contributed by atoms with Crippen LogP contribution in [-0.2, 0) is 11.8 Å². The van der Waals surface area contributed by atoms with Crippen molar-refractivity contribution in [3.8, 4) is 23.6 Å². The number of aryl methyl sites for hydroxylation is 1. The van der Waals surface area contributed by atoms with E-state index < -0.39 is 16.8 Å². The van der Waals surface area contributed by atoms with Crippen molar-refractivity contribution in [1.29, 1.82) is 10.5 Å². The number of ether oxygens (including phenoxy) is 3. The first kappa shape index (κ1) is 26.9. The number of pyridine rings is 1. The summed E-state index contributed by atoms with van der Waals surface area (Å²) >= 11 is 0. The summed E-state index contributed by atoms with van der Waals surface area (Å²) in [4.78, 5) is 26.7. The second kappa shape index (κ2) is 11.2. The molecule has 0 aliphatic carbocycles. The van der Waals surface area contributed by atoms with Crippen LogP contribution in [0.3, 0.4) is 0 Å². The molecule has 2 heterocycles. The normalized spacial score (nSPS) is 14.1. The minimum atomic E-state index is -0.752. The molecular weight excluding hydrogens is 518 g/mol. The number of hydrogen-bond donors (Lipinski definition) is 0. The van der Waals surface area contributed by atoms with Crippen LogP contribution >= 0.6 is 0 Å². The minimum absolute atomic E-state index is 0.0179. The molecule has 1 unspecified atom stereocenters. The lowest BCUT2D eigenvalue weighted by molar-refractivity contribution is -0.671. The molecule has 5 rings (SSSR count). The third-order valence-corrected chi connectivity index (χ3v) is 6.87. The van der Waals surface area contributed by atoms with Gasteiger partial charge >= 0.3 is 0 Å². The largest absolute Gasteiger partial charge is 0.493 e. The van der Waals surface area contributed by atoms with Gasteiger partial charge in [-0.05, 0) is 30.4 Å². The zero-order valence-electron chi connectivity index (χ0n) is 22.5. The van der Waals surface area contributed by atoms with Gasteiger partial charge in [-0.3, -0.25) is 9.59 Å². The molecule has 0 saturated heterocycles. The Hall–Kier alpha value is -5.73. The predicted octanol–water partition coefficient (Wildman–Crippen LogP) is 2.25. The topological polar surface area (TPSA) is 113 Å². The fraction of sp³-hybridized carbons (Fsp3) is 0.121. The van der Waals surface area contributed by atoms with Crippen LogP contribution < -0.4 is 35.3 Å². The Morgan fingerprint density at radius 3 is 2.02 bits per heavy atom. The quantitative estimate of drug-likeness (QED) is 0.344. The SMILES string of the molecule is COc1ccc(C2=CC(C(C#N)=c3c(=O)c(=C(C#N)c4cc[n+](C)cc4)c3=O)C=C(c3ccccc3)O2)cc1OC. The fourth-order valence-electron chi connectivity index (χ4n) is 4.72. The van der Waals surface area contributed by atoms with Crippen LogP contribution in [0, 0.1) is 28.6 Å². The molecule has 8 nitrogen and oxygen atoms in total. The average molecular weight is 543 g/mol. The van der Waals surface area contributed by atoms with Gasteiger partial charge in [0, 0.05) is 34.7 Å². The Morgan fingerprint density at radius 2 is 1.44 bits per heavy atom. The number of allylic oxidation sites excluding steroid dienone is 2. The maximum Gasteiger partial charge on any atom is 0.203 e. The van der Waals surface area contributed by atoms with Crippen molar-refractivity contribution in [2.24, 2.45) is 13.0 Å². The number of hydrogen-bond acceptors (Lipinski definition) is 7. The van der Waals surface area contributed by atoms with Crippen molar-refractivity contribution in [1.82, 2.24) is 0 Å². The number of methoxy groups -OCH3 is 2. The molecule has 0 N–H and O–H groups in total. The third-order valence-electron chi connectivity index (χ3n) is 6.87. The molecule has 1 aromatic heterocycles. The highest BCUT2D eigenvalue weighted by atomic mass is 16.5. The van der Waals surface area contributed by atoms with Crippen molar-refractivity contribution >= 4 is 22.7 Å². The molecular formula is C33H24N3O5+. The lowest BCUT2D eigenvalue weighted by Crippen LogP contribution is -2.66. The van der Waals surface area contributed by atoms with Crippen molar-refractivity contribution in [2.45, 2.75) is 0 Å². The summed E-state index contributed by atoms with van der Waals surface area (Å²) in [5, 5.41) is 19.6. The van der Waals surface area contributed by atoms with E-state index in [1.807, 2.05) is 43.4 Å². The van der Waals surface area contributed by atoms with Gasteiger partial charge in [0.2, 0.25) is 10.9 Å². The molecule has 3 aromatic carbocycles. The van der Waals surface area contributed by atoms with Crippen LogP contribution in [0.5, 0.6) is 11.5 Å². The van der Waals surface area contributed by atoms with Gasteiger partial charge in [-0.15, -0.1) is 0 Å². The maximum atomic E-state index is 13.4. The van der Waals surface area contributed by atoms with Crippen molar-refractivity contribution in [3.63, 3.8) is 0 Å². The molecule has 0 bridgehead atoms. The Bertz CT molecular complexity index is 1970. The van der Waals surface area contributed by atoms with E-state index in [1.165, 1.54) is 14.2 Å². The summed E-state index contributed by atoms with van der Waals surface area (Å²) in [6, 6.07) is 22.0. The van der Waals surface area contributed by atoms with Gasteiger partial charge in [-0.1, -0.05) is 30.3 Å². The van der Waals surface area contributed by atoms with E-state index in [2.05, 4.69) is 6.07 Å². The molecule has 0 radical (unpaired) electrons. The summed E-state index contributed by atoms with van der Waals surface area (Å²) in [7, 11) is 4.88. The Kier molecular flexibility index (Phi) is 7.32. The molecule has 41 heavy (non-hydrogen) atoms. The zero-order valence-corrected chi connectivity index (χ0v) is 22.5. The van der Waals surface area contributed by atoms with Gasteiger partial charge in [0.25, 0.3) is 0 Å². The first-order valence-electron chi connectivity index (χ1n) is 12.6. The van der Waals surface area contributed by atoms with Gasteiger partial charge < -0.3 is 14.2 Å². The van der Waals surface area contributed by atoms with E-state index in [0.717, 1.165) is 5.56 Å². The first-order chi connectivity index (χ1) is 19.9. The molecule has 1 aliphatic rings. The Labute approximate surface area is 235 Å². The second-order valence-corrected chi connectivity index (χ2v) is 9.30. The van der Waals surface area contributed by atoms with Crippen molar-refractivity contribution in [2.75, 3.05) is 14.2 Å². The van der Waals surface area contributed by atoms with Gasteiger partial charge in [0.05, 0.1) is 41.9 Å². The van der Waals surface area contributed by atoms with Gasteiger partial charge in [-0.2, -0.15) is 10.5 Å². The van der Waals surface area contributed by atoms with Gasteiger partial charge in [0.15, 0.2) is 23.9 Å². The first-order valence-corrected chi connectivity index (χ1v) is 12.6. The summed E-state index contributed by atoms with van der Waals surface area (Å²) < 4.78 is 18.8. The number of nitrogens with zero attached hydrogens (tertiary/aromatic N) is 3. The van der Waals surface area contributed by atoms with Crippen LogP contribution in [0.25, 0.3) is 22.7 Å². The molecule has 0 amide bonds. The molecule has 4 aromatic rings. The van der Waals surface area contributed by atoms with Crippen LogP contribution in [-0.4, -0.2) is 14.2 Å². The van der Waals surface area contributed by atoms with Crippen LogP contribution in [0.2, 0.25) is 0 Å². The monoisotopic (exact) mass is 542 g/mol. The Balaban J connectivity index is 1.72. The fourth-order valence-corrected chi connectivity index (χ4v) is 4.72. The van der Waals surface area contributed by atoms with Crippen LogP contribution in [0.15, 0.2) is 94.8 Å². The molecule has 1 atom stereocenters. The van der Waals surface area contributed by atoms with Gasteiger partial charge in [0.1, 0.15) is 24.6 Å². The smallest absolute Gasteiger partial charge is 0.203 e. The second-order valence-electron chi connectivity index (χ2n) is 9.30. The average Bonchev–Trinajstić information content (AvgIpc) is 3.02. The standard InChI is InChI=1S/C33H24N3O5/c1-36-13-11-20(12-14-36)24(18-34)30-32(37)31(33(30)38)25(19-35)23-16-27(21-7-5-4-6-8-21)41-28(17-23)22-9-10-26(39-2)29(15-22)40-3/h4-17,23H,1-3H3/q+1. The number of benzene rings is 2. The predicted molar refractivity (Wildman–Crippen MR) is 152 cm³/mol. The highest BCUT2D eigenvalue weighted by Gasteiger charge is 2.26. The lowest BCUT2D eigenvalue weighted by atomic mass is 9.89. The summed E-state index contributed by atoms with van der Waals surface area (Å²) in [5.74, 6) is 1.14. The number of nitriles is 2. The van der Waals surface area contributed by atoms with Crippen molar-refractivity contribution in [3.05, 3.63) is 133 Å². The summed E-state index contributed by atoms with van der Waals surface area (Å²) in [6.45, 7) is 0. The van der Waals surface area contributed by atoms with Crippen molar-refractivity contribution < 1.29 is 18.8 Å². The molecule has 0 fully saturated rings. The zero-order chi connectivity index (χ0) is 29.1. The Morgan fingerprint density at radius 1 is 0.805 bits per heavy atom. The van der Waals surface area contributed by atoms with E-state index in [0.29, 0.717) is 34.1 Å². The van der Waals surface area contributed by atoms with Crippen LogP contribution in [0.4, 0.5) is 0 Å². The number of aromatic nitrogens is 1. The van der Waals surface area contributed by atoms with Crippen LogP contribution in [0.1, 0.15) is 16.7 Å². The van der Waals surface area contributed by atoms with E-state index in [4.69, 9.17) is 14.2 Å². The highest BCUT2D eigenvalue weighted by molar-refractivity contribution is 5.81. The number of rotatable bonds is 6. The molecule has 8 heteroatoms. The minimum Gasteiger partial charge on any atom is -0.493 e. The third kappa shape index (κ3) is 4.91. The summed E-state index contributed by atoms with van der Waals surface area (Å²) in [6.07, 6.45) is 6.83. The molecule has 200 valence electrons. The van der Waals surface area contributed by atoms with E-state index in [1.54, 1.807) is 59.4 Å². The van der Waals surface area contributed by atoms with E-state index in [9.17, 15) is 20.1 Å². The van der Waals surface area contributed by atoms with Gasteiger partial charge in [-0.25, -0.2) is 4.57 Å².